The van der Waals surface area contributed by atoms with Crippen LogP contribution in [0.15, 0.2) is 29.2 Å². The van der Waals surface area contributed by atoms with Gasteiger partial charge in [0.2, 0.25) is 0 Å². The number of aliphatic imine (C=N–C) groups is 1. The van der Waals surface area contributed by atoms with Gasteiger partial charge in [0.15, 0.2) is 11.5 Å². The number of hydrogen-bond acceptors (Lipinski definition) is 7. The van der Waals surface area contributed by atoms with Gasteiger partial charge in [-0.05, 0) is 13.0 Å². The second-order valence-corrected chi connectivity index (χ2v) is 4.23. The number of rotatable bonds is 3. The number of amides is 1. The average Bonchev–Trinajstić information content (AvgIpc) is 3.11. The summed E-state index contributed by atoms with van der Waals surface area (Å²) in [5.41, 5.74) is 5.18. The largest absolute Gasteiger partial charge is 0.364 e. The molecule has 1 atom stereocenters. The number of anilines is 1. The Morgan fingerprint density at radius 2 is 2.05 bits per heavy atom. The highest BCUT2D eigenvalue weighted by atomic mass is 16.1. The van der Waals surface area contributed by atoms with Crippen molar-refractivity contribution < 1.29 is 4.79 Å². The smallest absolute Gasteiger partial charge is 0.265 e. The molecule has 4 N–H and O–H groups in total. The quantitative estimate of drug-likeness (QED) is 0.658. The molecule has 1 aliphatic heterocycles. The number of hydrogen-bond donors (Lipinski definition) is 3. The molecule has 0 saturated carbocycles. The van der Waals surface area contributed by atoms with Gasteiger partial charge in [0.1, 0.15) is 11.4 Å². The molecule has 2 aromatic rings. The Labute approximate surface area is 112 Å². The first-order valence-corrected chi connectivity index (χ1v) is 5.70. The second kappa shape index (κ2) is 4.26. The van der Waals surface area contributed by atoms with Crippen molar-refractivity contribution in [1.29, 1.82) is 0 Å². The van der Waals surface area contributed by atoms with E-state index < -0.39 is 11.6 Å². The zero-order valence-corrected chi connectivity index (χ0v) is 10.5. The summed E-state index contributed by atoms with van der Waals surface area (Å²) in [4.78, 5) is 17.6. The molecule has 3 rings (SSSR count). The fraction of sp³-hybridized carbons (Fsp3) is 0.200. The zero-order chi connectivity index (χ0) is 14.2. The average molecular weight is 273 g/mol. The maximum atomic E-state index is 11.7. The fourth-order valence-electron chi connectivity index (χ4n) is 2.07. The third-order valence-electron chi connectivity index (χ3n) is 3.02. The van der Waals surface area contributed by atoms with Gasteiger partial charge in [-0.3, -0.25) is 14.7 Å². The van der Waals surface area contributed by atoms with Gasteiger partial charge in [-0.25, -0.2) is 0 Å². The molecule has 0 saturated heterocycles. The van der Waals surface area contributed by atoms with Crippen LogP contribution < -0.4 is 10.6 Å². The standard InChI is InChI=1S/C10H11N9O/c1-10(7-4-13-17-15-7)12-3-2-6(9(11)20)19(10)8-5-14-18-16-8/h2-5H,1H3,(H2,11,20)(H,13,15,17)(H,14,16,18). The van der Waals surface area contributed by atoms with Crippen LogP contribution in [0.1, 0.15) is 12.6 Å². The Balaban J connectivity index is 2.17. The van der Waals surface area contributed by atoms with Crippen LogP contribution in [0.5, 0.6) is 0 Å². The number of nitrogens with zero attached hydrogens (tertiary/aromatic N) is 6. The number of H-pyrrole nitrogens is 2. The van der Waals surface area contributed by atoms with Crippen molar-refractivity contribution in [3.63, 3.8) is 0 Å². The summed E-state index contributed by atoms with van der Waals surface area (Å²) in [5, 5.41) is 20.6. The number of primary amides is 1. The molecule has 0 spiro atoms. The van der Waals surface area contributed by atoms with Gasteiger partial charge in [0.25, 0.3) is 5.91 Å². The van der Waals surface area contributed by atoms with Crippen molar-refractivity contribution in [1.82, 2.24) is 30.8 Å². The Bertz CT molecular complexity index is 672. The lowest BCUT2D eigenvalue weighted by atomic mass is 10.0. The van der Waals surface area contributed by atoms with E-state index in [9.17, 15) is 4.79 Å². The molecule has 0 aliphatic carbocycles. The second-order valence-electron chi connectivity index (χ2n) is 4.23. The molecule has 102 valence electrons. The number of aromatic amines is 2. The lowest BCUT2D eigenvalue weighted by Gasteiger charge is -2.38. The minimum Gasteiger partial charge on any atom is -0.364 e. The Kier molecular flexibility index (Phi) is 2.56. The summed E-state index contributed by atoms with van der Waals surface area (Å²) in [6.45, 7) is 1.77. The minimum absolute atomic E-state index is 0.236. The SMILES string of the molecule is CC1(c2cn[nH]n2)N=CC=C(C(N)=O)N1c1cn[nH]n1. The molecule has 0 bridgehead atoms. The van der Waals surface area contributed by atoms with Crippen LogP contribution in [0.2, 0.25) is 0 Å². The number of aromatic nitrogens is 6. The fourth-order valence-corrected chi connectivity index (χ4v) is 2.07. The Morgan fingerprint density at radius 1 is 1.30 bits per heavy atom. The molecule has 0 fully saturated rings. The first kappa shape index (κ1) is 12.0. The van der Waals surface area contributed by atoms with Gasteiger partial charge < -0.3 is 5.73 Å². The van der Waals surface area contributed by atoms with Gasteiger partial charge in [-0.1, -0.05) is 0 Å². The lowest BCUT2D eigenvalue weighted by Crippen LogP contribution is -2.47. The molecule has 10 heteroatoms. The number of allylic oxidation sites excluding steroid dienone is 1. The molecule has 1 amide bonds. The van der Waals surface area contributed by atoms with Crippen molar-refractivity contribution in [2.75, 3.05) is 4.90 Å². The zero-order valence-electron chi connectivity index (χ0n) is 10.5. The summed E-state index contributed by atoms with van der Waals surface area (Å²) in [6.07, 6.45) is 6.01. The van der Waals surface area contributed by atoms with Gasteiger partial charge in [0, 0.05) is 6.21 Å². The van der Waals surface area contributed by atoms with E-state index in [-0.39, 0.29) is 5.70 Å². The highest BCUT2D eigenvalue weighted by Crippen LogP contribution is 2.36. The number of nitrogens with two attached hydrogens (primary N) is 1. The Hall–Kier alpha value is -3.04. The van der Waals surface area contributed by atoms with E-state index in [1.807, 2.05) is 0 Å². The van der Waals surface area contributed by atoms with Crippen LogP contribution in [-0.4, -0.2) is 42.9 Å². The van der Waals surface area contributed by atoms with Crippen molar-refractivity contribution in [3.05, 3.63) is 29.9 Å². The van der Waals surface area contributed by atoms with E-state index in [0.717, 1.165) is 0 Å². The molecular formula is C10H11N9O. The van der Waals surface area contributed by atoms with Crippen molar-refractivity contribution in [3.8, 4) is 0 Å². The van der Waals surface area contributed by atoms with Crippen molar-refractivity contribution >= 4 is 17.9 Å². The summed E-state index contributed by atoms with van der Waals surface area (Å²) in [7, 11) is 0. The van der Waals surface area contributed by atoms with E-state index in [2.05, 4.69) is 35.8 Å². The highest BCUT2D eigenvalue weighted by Gasteiger charge is 2.42. The highest BCUT2D eigenvalue weighted by molar-refractivity contribution is 6.00. The molecule has 10 nitrogen and oxygen atoms in total. The number of nitrogens with one attached hydrogen (secondary N) is 2. The van der Waals surface area contributed by atoms with E-state index in [1.165, 1.54) is 24.7 Å². The summed E-state index contributed by atoms with van der Waals surface area (Å²) in [5.74, 6) is -0.203. The summed E-state index contributed by atoms with van der Waals surface area (Å²) in [6, 6.07) is 0. The topological polar surface area (TPSA) is 142 Å². The van der Waals surface area contributed by atoms with Crippen LogP contribution in [0.25, 0.3) is 0 Å². The monoisotopic (exact) mass is 273 g/mol. The van der Waals surface area contributed by atoms with E-state index in [4.69, 9.17) is 5.73 Å². The van der Waals surface area contributed by atoms with E-state index >= 15 is 0 Å². The lowest BCUT2D eigenvalue weighted by molar-refractivity contribution is -0.114. The molecular weight excluding hydrogens is 262 g/mol. The molecule has 0 aromatic carbocycles. The Morgan fingerprint density at radius 3 is 2.65 bits per heavy atom. The molecule has 0 radical (unpaired) electrons. The molecule has 3 heterocycles. The van der Waals surface area contributed by atoms with Crippen LogP contribution in [-0.2, 0) is 10.5 Å². The van der Waals surface area contributed by atoms with Gasteiger partial charge in [-0.2, -0.15) is 25.7 Å². The van der Waals surface area contributed by atoms with E-state index in [0.29, 0.717) is 11.5 Å². The van der Waals surface area contributed by atoms with Crippen molar-refractivity contribution in [2.24, 2.45) is 10.7 Å². The van der Waals surface area contributed by atoms with Crippen LogP contribution >= 0.6 is 0 Å². The van der Waals surface area contributed by atoms with Crippen LogP contribution in [0.3, 0.4) is 0 Å². The molecule has 20 heavy (non-hydrogen) atoms. The third kappa shape index (κ3) is 1.66. The maximum absolute atomic E-state index is 11.7. The summed E-state index contributed by atoms with van der Waals surface area (Å²) < 4.78 is 0. The predicted octanol–water partition coefficient (Wildman–Crippen LogP) is -0.944. The van der Waals surface area contributed by atoms with Gasteiger partial charge >= 0.3 is 0 Å². The van der Waals surface area contributed by atoms with Crippen LogP contribution in [0, 0.1) is 0 Å². The van der Waals surface area contributed by atoms with Gasteiger partial charge in [-0.15, -0.1) is 5.10 Å². The predicted molar refractivity (Wildman–Crippen MR) is 68.4 cm³/mol. The van der Waals surface area contributed by atoms with E-state index in [1.54, 1.807) is 11.8 Å². The summed E-state index contributed by atoms with van der Waals surface area (Å²) >= 11 is 0. The first-order valence-electron chi connectivity index (χ1n) is 5.70. The normalized spacial score (nSPS) is 21.9. The minimum atomic E-state index is -0.997. The maximum Gasteiger partial charge on any atom is 0.265 e. The van der Waals surface area contributed by atoms with Gasteiger partial charge in [0.05, 0.1) is 12.4 Å². The molecule has 2 aromatic heterocycles. The number of carbonyl (C=O) groups is 1. The molecule has 1 aliphatic rings. The molecule has 1 unspecified atom stereocenters. The van der Waals surface area contributed by atoms with Crippen LogP contribution in [0.4, 0.5) is 5.82 Å². The third-order valence-corrected chi connectivity index (χ3v) is 3.02. The number of carbonyl (C=O) groups excluding carboxylic acids is 1. The first-order chi connectivity index (χ1) is 9.63. The van der Waals surface area contributed by atoms with Crippen molar-refractivity contribution in [2.45, 2.75) is 12.6 Å².